The summed E-state index contributed by atoms with van der Waals surface area (Å²) in [4.78, 5) is 31.4. The molecule has 2 aromatic carbocycles. The predicted octanol–water partition coefficient (Wildman–Crippen LogP) is 3.21. The number of esters is 1. The lowest BCUT2D eigenvalue weighted by Crippen LogP contribution is -2.39. The lowest BCUT2D eigenvalue weighted by Gasteiger charge is -2.24. The van der Waals surface area contributed by atoms with E-state index in [1.807, 2.05) is 55.5 Å². The Balaban J connectivity index is 1.86. The van der Waals surface area contributed by atoms with Crippen LogP contribution in [0.3, 0.4) is 0 Å². The molecule has 0 unspecified atom stereocenters. The zero-order valence-electron chi connectivity index (χ0n) is 19.5. The van der Waals surface area contributed by atoms with Crippen molar-refractivity contribution in [1.29, 1.82) is 0 Å². The molecule has 8 heteroatoms. The Morgan fingerprint density at radius 3 is 2.59 bits per heavy atom. The molecule has 1 aromatic heterocycles. The number of thiazole rings is 1. The first-order chi connectivity index (χ1) is 16.5. The van der Waals surface area contributed by atoms with Gasteiger partial charge in [0.05, 0.1) is 42.7 Å². The van der Waals surface area contributed by atoms with Crippen molar-refractivity contribution in [3.63, 3.8) is 0 Å². The van der Waals surface area contributed by atoms with Crippen LogP contribution in [0.5, 0.6) is 11.5 Å². The third kappa shape index (κ3) is 4.41. The number of methoxy groups -OCH3 is 2. The monoisotopic (exact) mass is 478 g/mol. The number of ether oxygens (including phenoxy) is 3. The van der Waals surface area contributed by atoms with Crippen LogP contribution in [0, 0.1) is 0 Å². The molecule has 0 fully saturated rings. The van der Waals surface area contributed by atoms with Crippen LogP contribution in [0.2, 0.25) is 0 Å². The quantitative estimate of drug-likeness (QED) is 0.488. The summed E-state index contributed by atoms with van der Waals surface area (Å²) in [6.07, 6.45) is 2.69. The average molecular weight is 479 g/mol. The second-order valence-corrected chi connectivity index (χ2v) is 8.75. The van der Waals surface area contributed by atoms with Crippen molar-refractivity contribution in [2.24, 2.45) is 4.99 Å². The van der Waals surface area contributed by atoms with Crippen LogP contribution in [-0.2, 0) is 9.53 Å². The maximum absolute atomic E-state index is 13.6. The van der Waals surface area contributed by atoms with Crippen molar-refractivity contribution in [3.8, 4) is 11.5 Å². The molecule has 4 rings (SSSR count). The first-order valence-electron chi connectivity index (χ1n) is 10.9. The van der Waals surface area contributed by atoms with Crippen LogP contribution in [0.15, 0.2) is 69.6 Å². The van der Waals surface area contributed by atoms with Crippen molar-refractivity contribution in [1.82, 2.24) is 4.57 Å². The van der Waals surface area contributed by atoms with Gasteiger partial charge in [-0.05, 0) is 42.7 Å². The van der Waals surface area contributed by atoms with Gasteiger partial charge in [0.2, 0.25) is 0 Å². The lowest BCUT2D eigenvalue weighted by atomic mass is 9.96. The molecular formula is C26H26N2O5S. The molecule has 0 amide bonds. The maximum Gasteiger partial charge on any atom is 0.338 e. The molecule has 0 N–H and O–H groups in total. The molecule has 2 heterocycles. The van der Waals surface area contributed by atoms with E-state index in [1.54, 1.807) is 24.7 Å². The van der Waals surface area contributed by atoms with Gasteiger partial charge in [-0.15, -0.1) is 0 Å². The number of hydrogen-bond acceptors (Lipinski definition) is 7. The highest BCUT2D eigenvalue weighted by Gasteiger charge is 2.32. The van der Waals surface area contributed by atoms with Crippen LogP contribution in [0.25, 0.3) is 6.08 Å². The summed E-state index contributed by atoms with van der Waals surface area (Å²) in [5.74, 6) is 0.753. The molecular weight excluding hydrogens is 452 g/mol. The first-order valence-corrected chi connectivity index (χ1v) is 11.8. The molecule has 1 aliphatic heterocycles. The molecule has 0 aliphatic carbocycles. The molecule has 176 valence electrons. The average Bonchev–Trinajstić information content (AvgIpc) is 3.16. The standard InChI is InChI=1S/C26H26N2O5S/c1-5-13-33-19-12-11-17(14-20(19)31-3)15-21-24(29)28-23(18-9-7-6-8-10-18)22(25(30)32-4)16(2)27-26(28)34-21/h6-12,14-15,23H,5,13H2,1-4H3/b21-15-/t23-/m0/s1. The number of benzene rings is 2. The van der Waals surface area contributed by atoms with E-state index in [-0.39, 0.29) is 5.56 Å². The van der Waals surface area contributed by atoms with E-state index in [0.717, 1.165) is 17.5 Å². The number of rotatable bonds is 7. The van der Waals surface area contributed by atoms with Crippen LogP contribution < -0.4 is 24.4 Å². The van der Waals surface area contributed by atoms with E-state index in [9.17, 15) is 9.59 Å². The molecule has 0 saturated heterocycles. The van der Waals surface area contributed by atoms with Gasteiger partial charge in [-0.1, -0.05) is 54.7 Å². The molecule has 0 radical (unpaired) electrons. The number of aromatic nitrogens is 1. The van der Waals surface area contributed by atoms with Crippen LogP contribution in [0.1, 0.15) is 37.4 Å². The Hall–Kier alpha value is -3.65. The summed E-state index contributed by atoms with van der Waals surface area (Å²) in [6.45, 7) is 4.39. The Bertz CT molecular complexity index is 1420. The second kappa shape index (κ2) is 10.1. The summed E-state index contributed by atoms with van der Waals surface area (Å²) in [5, 5.41) is 0. The zero-order valence-corrected chi connectivity index (χ0v) is 20.3. The molecule has 34 heavy (non-hydrogen) atoms. The van der Waals surface area contributed by atoms with Gasteiger partial charge in [-0.25, -0.2) is 9.79 Å². The molecule has 3 aromatic rings. The number of allylic oxidation sites excluding steroid dienone is 1. The highest BCUT2D eigenvalue weighted by molar-refractivity contribution is 7.07. The van der Waals surface area contributed by atoms with Crippen molar-refractivity contribution in [2.75, 3.05) is 20.8 Å². The number of carbonyl (C=O) groups excluding carboxylic acids is 1. The Kier molecular flexibility index (Phi) is 6.98. The van der Waals surface area contributed by atoms with E-state index in [2.05, 4.69) is 4.99 Å². The first kappa shape index (κ1) is 23.5. The van der Waals surface area contributed by atoms with Gasteiger partial charge in [0, 0.05) is 0 Å². The fraction of sp³-hybridized carbons (Fsp3) is 0.269. The minimum absolute atomic E-state index is 0.225. The van der Waals surface area contributed by atoms with Crippen LogP contribution in [0.4, 0.5) is 0 Å². The summed E-state index contributed by atoms with van der Waals surface area (Å²) < 4.78 is 18.3. The summed E-state index contributed by atoms with van der Waals surface area (Å²) in [6, 6.07) is 14.4. The van der Waals surface area contributed by atoms with E-state index in [4.69, 9.17) is 14.2 Å². The Morgan fingerprint density at radius 1 is 1.15 bits per heavy atom. The molecule has 0 saturated carbocycles. The second-order valence-electron chi connectivity index (χ2n) is 7.74. The van der Waals surface area contributed by atoms with Crippen LogP contribution in [-0.4, -0.2) is 31.4 Å². The summed E-state index contributed by atoms with van der Waals surface area (Å²) in [7, 11) is 2.92. The summed E-state index contributed by atoms with van der Waals surface area (Å²) in [5.41, 5.74) is 2.27. The van der Waals surface area contributed by atoms with Gasteiger partial charge in [0.1, 0.15) is 0 Å². The van der Waals surface area contributed by atoms with E-state index >= 15 is 0 Å². The number of fused-ring (bicyclic) bond motifs is 1. The smallest absolute Gasteiger partial charge is 0.338 e. The predicted molar refractivity (Wildman–Crippen MR) is 131 cm³/mol. The Labute approximate surface area is 201 Å². The topological polar surface area (TPSA) is 79.1 Å². The molecule has 1 atom stereocenters. The minimum Gasteiger partial charge on any atom is -0.493 e. The maximum atomic E-state index is 13.6. The minimum atomic E-state index is -0.619. The van der Waals surface area contributed by atoms with E-state index < -0.39 is 12.0 Å². The molecule has 0 spiro atoms. The normalized spacial score (nSPS) is 15.5. The SMILES string of the molecule is CCCOc1ccc(/C=c2\sc3n(c2=O)[C@@H](c2ccccc2)C(C(=O)OC)=C(C)N=3)cc1OC. The highest BCUT2D eigenvalue weighted by Crippen LogP contribution is 2.31. The van der Waals surface area contributed by atoms with Gasteiger partial charge < -0.3 is 14.2 Å². The van der Waals surface area contributed by atoms with Gasteiger partial charge in [-0.3, -0.25) is 9.36 Å². The van der Waals surface area contributed by atoms with E-state index in [1.165, 1.54) is 18.4 Å². The largest absolute Gasteiger partial charge is 0.493 e. The van der Waals surface area contributed by atoms with Crippen molar-refractivity contribution < 1.29 is 19.0 Å². The summed E-state index contributed by atoms with van der Waals surface area (Å²) >= 11 is 1.28. The highest BCUT2D eigenvalue weighted by atomic mass is 32.1. The Morgan fingerprint density at radius 2 is 1.91 bits per heavy atom. The van der Waals surface area contributed by atoms with Gasteiger partial charge in [0.15, 0.2) is 16.3 Å². The van der Waals surface area contributed by atoms with Crippen LogP contribution >= 0.6 is 11.3 Å². The van der Waals surface area contributed by atoms with Gasteiger partial charge in [-0.2, -0.15) is 0 Å². The fourth-order valence-electron chi connectivity index (χ4n) is 3.90. The van der Waals surface area contributed by atoms with Crippen molar-refractivity contribution in [2.45, 2.75) is 26.3 Å². The molecule has 0 bridgehead atoms. The van der Waals surface area contributed by atoms with Crippen molar-refractivity contribution in [3.05, 3.63) is 90.6 Å². The molecule has 7 nitrogen and oxygen atoms in total. The third-order valence-electron chi connectivity index (χ3n) is 5.49. The van der Waals surface area contributed by atoms with Crippen molar-refractivity contribution >= 4 is 23.4 Å². The van der Waals surface area contributed by atoms with E-state index in [0.29, 0.717) is 38.7 Å². The van der Waals surface area contributed by atoms with Gasteiger partial charge in [0.25, 0.3) is 5.56 Å². The van der Waals surface area contributed by atoms with Gasteiger partial charge >= 0.3 is 5.97 Å². The molecule has 1 aliphatic rings. The lowest BCUT2D eigenvalue weighted by molar-refractivity contribution is -0.136. The fourth-order valence-corrected chi connectivity index (χ4v) is 4.95. The number of nitrogens with zero attached hydrogens (tertiary/aromatic N) is 2. The zero-order chi connectivity index (χ0) is 24.2. The third-order valence-corrected chi connectivity index (χ3v) is 6.47. The number of carbonyl (C=O) groups is 1. The number of hydrogen-bond donors (Lipinski definition) is 0.